The fourth-order valence-corrected chi connectivity index (χ4v) is 3.26. The van der Waals surface area contributed by atoms with Gasteiger partial charge in [0.25, 0.3) is 5.91 Å². The highest BCUT2D eigenvalue weighted by atomic mass is 19.1. The lowest BCUT2D eigenvalue weighted by Crippen LogP contribution is -2.37. The van der Waals surface area contributed by atoms with Crippen molar-refractivity contribution in [2.45, 2.75) is 38.8 Å². The Labute approximate surface area is 147 Å². The van der Waals surface area contributed by atoms with Crippen LogP contribution in [0.1, 0.15) is 54.7 Å². The summed E-state index contributed by atoms with van der Waals surface area (Å²) in [7, 11) is 0. The van der Waals surface area contributed by atoms with Gasteiger partial charge in [-0.05, 0) is 45.8 Å². The SMILES string of the molecule is CC(C)n1cc(C(=O)NCC(c2ccccc2F)N2CCCC2)cn1. The monoisotopic (exact) mass is 344 g/mol. The predicted octanol–water partition coefficient (Wildman–Crippen LogP) is 3.17. The molecular formula is C19H25FN4O. The number of nitrogens with zero attached hydrogens (tertiary/aromatic N) is 3. The Morgan fingerprint density at radius 3 is 2.64 bits per heavy atom. The lowest BCUT2D eigenvalue weighted by Gasteiger charge is -2.28. The van der Waals surface area contributed by atoms with Gasteiger partial charge in [0.15, 0.2) is 0 Å². The van der Waals surface area contributed by atoms with Crippen molar-refractivity contribution in [1.82, 2.24) is 20.0 Å². The molecule has 0 radical (unpaired) electrons. The van der Waals surface area contributed by atoms with Crippen LogP contribution >= 0.6 is 0 Å². The number of aromatic nitrogens is 2. The number of hydrogen-bond acceptors (Lipinski definition) is 3. The van der Waals surface area contributed by atoms with Crippen molar-refractivity contribution in [2.75, 3.05) is 19.6 Å². The van der Waals surface area contributed by atoms with E-state index in [0.29, 0.717) is 17.7 Å². The minimum Gasteiger partial charge on any atom is -0.350 e. The summed E-state index contributed by atoms with van der Waals surface area (Å²) >= 11 is 0. The standard InChI is InChI=1S/C19H25FN4O/c1-14(2)24-13-15(11-22-24)19(25)21-12-18(23-9-5-6-10-23)16-7-3-4-8-17(16)20/h3-4,7-8,11,13-14,18H,5-6,9-10,12H2,1-2H3,(H,21,25). The van der Waals surface area contributed by atoms with E-state index in [-0.39, 0.29) is 23.8 Å². The number of rotatable bonds is 6. The molecule has 1 unspecified atom stereocenters. The molecule has 1 saturated heterocycles. The van der Waals surface area contributed by atoms with Gasteiger partial charge in [-0.3, -0.25) is 14.4 Å². The molecule has 1 N–H and O–H groups in total. The summed E-state index contributed by atoms with van der Waals surface area (Å²) in [6.07, 6.45) is 5.54. The van der Waals surface area contributed by atoms with Crippen LogP contribution in [0.2, 0.25) is 0 Å². The first-order chi connectivity index (χ1) is 12.1. The maximum Gasteiger partial charge on any atom is 0.254 e. The fraction of sp³-hybridized carbons (Fsp3) is 0.474. The Morgan fingerprint density at radius 2 is 2.00 bits per heavy atom. The lowest BCUT2D eigenvalue weighted by molar-refractivity contribution is 0.0937. The number of hydrogen-bond donors (Lipinski definition) is 1. The molecule has 0 aliphatic carbocycles. The number of nitrogens with one attached hydrogen (secondary N) is 1. The first kappa shape index (κ1) is 17.6. The van der Waals surface area contributed by atoms with E-state index in [0.717, 1.165) is 25.9 Å². The number of carbonyl (C=O) groups excluding carboxylic acids is 1. The van der Waals surface area contributed by atoms with Crippen molar-refractivity contribution < 1.29 is 9.18 Å². The first-order valence-electron chi connectivity index (χ1n) is 8.87. The molecule has 1 aromatic carbocycles. The summed E-state index contributed by atoms with van der Waals surface area (Å²) in [5, 5.41) is 7.15. The average molecular weight is 344 g/mol. The van der Waals surface area contributed by atoms with Gasteiger partial charge in [0.1, 0.15) is 5.82 Å². The van der Waals surface area contributed by atoms with Gasteiger partial charge >= 0.3 is 0 Å². The summed E-state index contributed by atoms with van der Waals surface area (Å²) in [5.41, 5.74) is 1.17. The first-order valence-corrected chi connectivity index (χ1v) is 8.87. The zero-order chi connectivity index (χ0) is 17.8. The second-order valence-corrected chi connectivity index (χ2v) is 6.79. The molecule has 5 nitrogen and oxygen atoms in total. The van der Waals surface area contributed by atoms with E-state index in [4.69, 9.17) is 0 Å². The third-order valence-electron chi connectivity index (χ3n) is 4.69. The van der Waals surface area contributed by atoms with Crippen LogP contribution in [0.3, 0.4) is 0 Å². The molecule has 3 rings (SSSR count). The van der Waals surface area contributed by atoms with E-state index < -0.39 is 0 Å². The van der Waals surface area contributed by atoms with Crippen molar-refractivity contribution in [3.8, 4) is 0 Å². The topological polar surface area (TPSA) is 50.2 Å². The lowest BCUT2D eigenvalue weighted by atomic mass is 10.0. The highest BCUT2D eigenvalue weighted by Crippen LogP contribution is 2.26. The third-order valence-corrected chi connectivity index (χ3v) is 4.69. The van der Waals surface area contributed by atoms with Crippen LogP contribution < -0.4 is 5.32 Å². The molecular weight excluding hydrogens is 319 g/mol. The molecule has 25 heavy (non-hydrogen) atoms. The molecule has 0 spiro atoms. The molecule has 1 amide bonds. The molecule has 6 heteroatoms. The van der Waals surface area contributed by atoms with E-state index in [9.17, 15) is 9.18 Å². The van der Waals surface area contributed by atoms with Gasteiger partial charge in [0, 0.05) is 24.3 Å². The Kier molecular flexibility index (Phi) is 5.48. The Hall–Kier alpha value is -2.21. The van der Waals surface area contributed by atoms with E-state index in [1.807, 2.05) is 19.9 Å². The summed E-state index contributed by atoms with van der Waals surface area (Å²) < 4.78 is 16.0. The number of amides is 1. The van der Waals surface area contributed by atoms with Gasteiger partial charge in [-0.25, -0.2) is 4.39 Å². The number of benzene rings is 1. The van der Waals surface area contributed by atoms with Crippen LogP contribution in [0.4, 0.5) is 4.39 Å². The average Bonchev–Trinajstić information content (AvgIpc) is 3.28. The number of carbonyl (C=O) groups is 1. The van der Waals surface area contributed by atoms with Gasteiger partial charge in [-0.1, -0.05) is 18.2 Å². The second kappa shape index (κ2) is 7.78. The molecule has 0 bridgehead atoms. The van der Waals surface area contributed by atoms with Gasteiger partial charge in [0.05, 0.1) is 17.8 Å². The largest absolute Gasteiger partial charge is 0.350 e. The Bertz CT molecular complexity index is 722. The van der Waals surface area contributed by atoms with Crippen molar-refractivity contribution in [1.29, 1.82) is 0 Å². The Balaban J connectivity index is 1.72. The van der Waals surface area contributed by atoms with Crippen LogP contribution in [0, 0.1) is 5.82 Å². The van der Waals surface area contributed by atoms with Crippen LogP contribution in [-0.2, 0) is 0 Å². The van der Waals surface area contributed by atoms with Crippen molar-refractivity contribution in [3.05, 3.63) is 53.6 Å². The smallest absolute Gasteiger partial charge is 0.254 e. The minimum atomic E-state index is -0.221. The van der Waals surface area contributed by atoms with Gasteiger partial charge in [0.2, 0.25) is 0 Å². The maximum atomic E-state index is 14.3. The molecule has 1 aliphatic heterocycles. The van der Waals surface area contributed by atoms with Gasteiger partial charge in [-0.2, -0.15) is 5.10 Å². The van der Waals surface area contributed by atoms with E-state index in [1.54, 1.807) is 29.2 Å². The second-order valence-electron chi connectivity index (χ2n) is 6.79. The number of halogens is 1. The molecule has 2 aromatic rings. The van der Waals surface area contributed by atoms with Crippen LogP contribution in [0.15, 0.2) is 36.7 Å². The van der Waals surface area contributed by atoms with Crippen molar-refractivity contribution in [3.63, 3.8) is 0 Å². The highest BCUT2D eigenvalue weighted by molar-refractivity contribution is 5.93. The summed E-state index contributed by atoms with van der Waals surface area (Å²) in [6, 6.07) is 6.88. The zero-order valence-corrected chi connectivity index (χ0v) is 14.8. The van der Waals surface area contributed by atoms with E-state index >= 15 is 0 Å². The fourth-order valence-electron chi connectivity index (χ4n) is 3.26. The van der Waals surface area contributed by atoms with Crippen molar-refractivity contribution in [2.24, 2.45) is 0 Å². The molecule has 134 valence electrons. The molecule has 2 heterocycles. The molecule has 0 saturated carbocycles. The van der Waals surface area contributed by atoms with Crippen molar-refractivity contribution >= 4 is 5.91 Å². The third kappa shape index (κ3) is 4.07. The van der Waals surface area contributed by atoms with E-state index in [2.05, 4.69) is 15.3 Å². The molecule has 1 aliphatic rings. The van der Waals surface area contributed by atoms with Crippen LogP contribution in [-0.4, -0.2) is 40.2 Å². The number of likely N-dealkylation sites (tertiary alicyclic amines) is 1. The minimum absolute atomic E-state index is 0.146. The summed E-state index contributed by atoms with van der Waals surface area (Å²) in [6.45, 7) is 6.26. The molecule has 1 atom stereocenters. The summed E-state index contributed by atoms with van der Waals surface area (Å²) in [5.74, 6) is -0.395. The quantitative estimate of drug-likeness (QED) is 0.876. The van der Waals surface area contributed by atoms with Crippen LogP contribution in [0.25, 0.3) is 0 Å². The van der Waals surface area contributed by atoms with Gasteiger partial charge in [-0.15, -0.1) is 0 Å². The predicted molar refractivity (Wildman–Crippen MR) is 94.9 cm³/mol. The van der Waals surface area contributed by atoms with Gasteiger partial charge < -0.3 is 5.32 Å². The highest BCUT2D eigenvalue weighted by Gasteiger charge is 2.26. The Morgan fingerprint density at radius 1 is 1.28 bits per heavy atom. The maximum absolute atomic E-state index is 14.3. The summed E-state index contributed by atoms with van der Waals surface area (Å²) in [4.78, 5) is 14.7. The molecule has 1 fully saturated rings. The van der Waals surface area contributed by atoms with Crippen LogP contribution in [0.5, 0.6) is 0 Å². The van der Waals surface area contributed by atoms with E-state index in [1.165, 1.54) is 6.07 Å². The normalized spacial score (nSPS) is 16.3. The zero-order valence-electron chi connectivity index (χ0n) is 14.8. The molecule has 1 aromatic heterocycles.